The fraction of sp³-hybridized carbons (Fsp3) is 0.333. The molecule has 40 heavy (non-hydrogen) atoms. The zero-order valence-corrected chi connectivity index (χ0v) is 24.6. The van der Waals surface area contributed by atoms with Gasteiger partial charge in [0, 0.05) is 38.4 Å². The first-order chi connectivity index (χ1) is 19.1. The molecule has 1 saturated heterocycles. The summed E-state index contributed by atoms with van der Waals surface area (Å²) in [5.74, 6) is 0. The minimum Gasteiger partial charge on any atom is -0.399 e. The van der Waals surface area contributed by atoms with Crippen molar-refractivity contribution in [1.82, 2.24) is 13.5 Å². The minimum absolute atomic E-state index is 0.0192. The third-order valence-corrected chi connectivity index (χ3v) is 10.7. The highest BCUT2D eigenvalue weighted by atomic mass is 32.2. The summed E-state index contributed by atoms with van der Waals surface area (Å²) in [5, 5.41) is 0. The monoisotopic (exact) mass is 582 g/mol. The maximum atomic E-state index is 13.7. The van der Waals surface area contributed by atoms with Gasteiger partial charge >= 0.3 is 0 Å². The predicted octanol–water partition coefficient (Wildman–Crippen LogP) is 4.11. The first-order valence-electron chi connectivity index (χ1n) is 13.4. The number of nitrogens with two attached hydrogens (primary N) is 1. The van der Waals surface area contributed by atoms with Crippen LogP contribution in [-0.4, -0.2) is 69.6 Å². The SMILES string of the molecule is C=C1CN(S(=O)(=O)c2ccc(C)cc2)CCCN(Cc2ccccc2)CCCN(S(=O)(=O)c2ccc(N)cc2)C1. The third-order valence-electron chi connectivity index (χ3n) is 6.99. The molecular formula is C30H38N4O4S2. The van der Waals surface area contributed by atoms with Crippen LogP contribution in [0.25, 0.3) is 0 Å². The molecule has 1 aliphatic heterocycles. The van der Waals surface area contributed by atoms with E-state index in [1.54, 1.807) is 36.4 Å². The van der Waals surface area contributed by atoms with Crippen LogP contribution in [0.4, 0.5) is 5.69 Å². The molecule has 0 unspecified atom stereocenters. The van der Waals surface area contributed by atoms with Crippen LogP contribution >= 0.6 is 0 Å². The summed E-state index contributed by atoms with van der Waals surface area (Å²) in [4.78, 5) is 2.62. The number of hydrogen-bond acceptors (Lipinski definition) is 6. The first-order valence-corrected chi connectivity index (χ1v) is 16.3. The molecule has 214 valence electrons. The second-order valence-corrected chi connectivity index (χ2v) is 14.2. The molecule has 4 rings (SSSR count). The first kappa shape index (κ1) is 30.0. The van der Waals surface area contributed by atoms with Crippen molar-refractivity contribution in [3.8, 4) is 0 Å². The van der Waals surface area contributed by atoms with E-state index in [4.69, 9.17) is 5.73 Å². The molecule has 3 aromatic carbocycles. The lowest BCUT2D eigenvalue weighted by Gasteiger charge is -2.30. The summed E-state index contributed by atoms with van der Waals surface area (Å²) in [5.41, 5.74) is 8.90. The molecule has 1 fully saturated rings. The molecule has 0 aromatic heterocycles. The van der Waals surface area contributed by atoms with Crippen LogP contribution in [0.3, 0.4) is 0 Å². The van der Waals surface area contributed by atoms with Gasteiger partial charge in [-0.05, 0) is 80.4 Å². The standard InChI is InChI=1S/C30H38N4O4S2/c1-25-10-14-29(15-11-25)39(35,36)33-20-6-18-32(24-27-8-4-3-5-9-27)19-7-21-34(23-26(2)22-33)40(37,38)30-16-12-28(31)13-17-30/h3-5,8-17H,2,6-7,18-24,31H2,1H3. The van der Waals surface area contributed by atoms with E-state index in [2.05, 4.69) is 23.6 Å². The Bertz CT molecular complexity index is 1400. The summed E-state index contributed by atoms with van der Waals surface area (Å²) < 4.78 is 57.5. The Morgan fingerprint density at radius 1 is 0.700 bits per heavy atom. The molecule has 1 aliphatic rings. The zero-order chi connectivity index (χ0) is 28.8. The van der Waals surface area contributed by atoms with Crippen molar-refractivity contribution in [2.75, 3.05) is 45.0 Å². The Morgan fingerprint density at radius 3 is 1.68 bits per heavy atom. The van der Waals surface area contributed by atoms with Crippen molar-refractivity contribution in [1.29, 1.82) is 0 Å². The lowest BCUT2D eigenvalue weighted by Crippen LogP contribution is -2.41. The molecule has 2 N–H and O–H groups in total. The van der Waals surface area contributed by atoms with E-state index in [0.717, 1.165) is 11.1 Å². The molecule has 0 aliphatic carbocycles. The Morgan fingerprint density at radius 2 is 1.18 bits per heavy atom. The Labute approximate surface area is 238 Å². The number of benzene rings is 3. The van der Waals surface area contributed by atoms with Crippen molar-refractivity contribution in [3.05, 3.63) is 102 Å². The maximum Gasteiger partial charge on any atom is 0.243 e. The topological polar surface area (TPSA) is 104 Å². The van der Waals surface area contributed by atoms with Gasteiger partial charge in [-0.25, -0.2) is 16.8 Å². The molecular weight excluding hydrogens is 544 g/mol. The molecule has 0 radical (unpaired) electrons. The van der Waals surface area contributed by atoms with Crippen molar-refractivity contribution in [3.63, 3.8) is 0 Å². The number of anilines is 1. The van der Waals surface area contributed by atoms with E-state index in [9.17, 15) is 16.8 Å². The van der Waals surface area contributed by atoms with E-state index in [0.29, 0.717) is 50.3 Å². The molecule has 0 spiro atoms. The molecule has 10 heteroatoms. The van der Waals surface area contributed by atoms with E-state index in [1.807, 2.05) is 25.1 Å². The summed E-state index contributed by atoms with van der Waals surface area (Å²) in [6.45, 7) is 8.68. The average Bonchev–Trinajstić information content (AvgIpc) is 2.92. The van der Waals surface area contributed by atoms with Crippen LogP contribution < -0.4 is 5.73 Å². The van der Waals surface area contributed by atoms with E-state index >= 15 is 0 Å². The number of nitrogen functional groups attached to an aromatic ring is 1. The quantitative estimate of drug-likeness (QED) is 0.347. The number of sulfonamides is 2. The van der Waals surface area contributed by atoms with Gasteiger partial charge in [0.15, 0.2) is 0 Å². The van der Waals surface area contributed by atoms with Gasteiger partial charge < -0.3 is 5.73 Å². The van der Waals surface area contributed by atoms with Crippen LogP contribution in [0, 0.1) is 6.92 Å². The van der Waals surface area contributed by atoms with Gasteiger partial charge in [0.05, 0.1) is 9.79 Å². The number of aryl methyl sites for hydroxylation is 1. The summed E-state index contributed by atoms with van der Waals surface area (Å²) >= 11 is 0. The molecule has 8 nitrogen and oxygen atoms in total. The fourth-order valence-electron chi connectivity index (χ4n) is 4.82. The molecule has 0 atom stereocenters. The van der Waals surface area contributed by atoms with Crippen LogP contribution in [0.5, 0.6) is 0 Å². The zero-order valence-electron chi connectivity index (χ0n) is 22.9. The lowest BCUT2D eigenvalue weighted by molar-refractivity contribution is 0.238. The number of rotatable bonds is 6. The van der Waals surface area contributed by atoms with Crippen LogP contribution in [-0.2, 0) is 26.6 Å². The lowest BCUT2D eigenvalue weighted by atomic mass is 10.2. The molecule has 3 aromatic rings. The molecule has 1 heterocycles. The van der Waals surface area contributed by atoms with E-state index in [-0.39, 0.29) is 29.4 Å². The van der Waals surface area contributed by atoms with E-state index < -0.39 is 20.0 Å². The van der Waals surface area contributed by atoms with Crippen molar-refractivity contribution >= 4 is 25.7 Å². The fourth-order valence-corrected chi connectivity index (χ4v) is 7.82. The average molecular weight is 583 g/mol. The largest absolute Gasteiger partial charge is 0.399 e. The Hall–Kier alpha value is -3.02. The van der Waals surface area contributed by atoms with Gasteiger partial charge in [-0.15, -0.1) is 0 Å². The smallest absolute Gasteiger partial charge is 0.243 e. The van der Waals surface area contributed by atoms with Gasteiger partial charge in [0.25, 0.3) is 0 Å². The highest BCUT2D eigenvalue weighted by molar-refractivity contribution is 7.89. The van der Waals surface area contributed by atoms with Crippen LogP contribution in [0.2, 0.25) is 0 Å². The van der Waals surface area contributed by atoms with Crippen molar-refractivity contribution < 1.29 is 16.8 Å². The predicted molar refractivity (Wildman–Crippen MR) is 160 cm³/mol. The highest BCUT2D eigenvalue weighted by Gasteiger charge is 2.29. The second kappa shape index (κ2) is 13.1. The summed E-state index contributed by atoms with van der Waals surface area (Å²) in [6.07, 6.45) is 1.26. The molecule has 0 amide bonds. The Kier molecular flexibility index (Phi) is 9.81. The van der Waals surface area contributed by atoms with Gasteiger partial charge in [-0.2, -0.15) is 8.61 Å². The number of nitrogens with zero attached hydrogens (tertiary/aromatic N) is 3. The Balaban J connectivity index is 1.63. The minimum atomic E-state index is -3.86. The van der Waals surface area contributed by atoms with Crippen LogP contribution in [0.1, 0.15) is 24.0 Å². The molecule has 0 saturated carbocycles. The maximum absolute atomic E-state index is 13.7. The van der Waals surface area contributed by atoms with Gasteiger partial charge in [0.2, 0.25) is 20.0 Å². The van der Waals surface area contributed by atoms with E-state index in [1.165, 1.54) is 20.7 Å². The van der Waals surface area contributed by atoms with Gasteiger partial charge in [-0.3, -0.25) is 4.90 Å². The second-order valence-electron chi connectivity index (χ2n) is 10.3. The number of hydrogen-bond donors (Lipinski definition) is 1. The van der Waals surface area contributed by atoms with Crippen molar-refractivity contribution in [2.24, 2.45) is 0 Å². The molecule has 0 bridgehead atoms. The van der Waals surface area contributed by atoms with Crippen LogP contribution in [0.15, 0.2) is 101 Å². The van der Waals surface area contributed by atoms with Crippen molar-refractivity contribution in [2.45, 2.75) is 36.1 Å². The van der Waals surface area contributed by atoms with Gasteiger partial charge in [0.1, 0.15) is 0 Å². The normalized spacial score (nSPS) is 17.7. The summed E-state index contributed by atoms with van der Waals surface area (Å²) in [6, 6.07) is 23.0. The highest BCUT2D eigenvalue weighted by Crippen LogP contribution is 2.22. The summed E-state index contributed by atoms with van der Waals surface area (Å²) in [7, 11) is -7.67. The third kappa shape index (κ3) is 7.58. The van der Waals surface area contributed by atoms with Gasteiger partial charge in [-0.1, -0.05) is 54.6 Å².